The smallest absolute Gasteiger partial charge is 0.220 e. The Morgan fingerprint density at radius 2 is 2.00 bits per heavy atom. The number of nitrogens with zero attached hydrogens (tertiary/aromatic N) is 2. The van der Waals surface area contributed by atoms with Gasteiger partial charge in [0.05, 0.1) is 12.2 Å². The zero-order valence-corrected chi connectivity index (χ0v) is 13.3. The summed E-state index contributed by atoms with van der Waals surface area (Å²) >= 11 is 0. The second-order valence-electron chi connectivity index (χ2n) is 5.81. The monoisotopic (exact) mass is 307 g/mol. The molecule has 0 saturated carbocycles. The topological polar surface area (TPSA) is 46.4 Å². The molecule has 3 rings (SSSR count). The maximum atomic E-state index is 11.9. The van der Waals surface area contributed by atoms with E-state index in [4.69, 9.17) is 0 Å². The molecule has 0 aliphatic rings. The Morgan fingerprint density at radius 3 is 2.78 bits per heavy atom. The number of imidazole rings is 1. The molecule has 0 unspecified atom stereocenters. The molecule has 2 heterocycles. The molecule has 0 atom stereocenters. The minimum Gasteiger partial charge on any atom is -0.350 e. The molecule has 0 radical (unpaired) electrons. The van der Waals surface area contributed by atoms with E-state index in [1.165, 1.54) is 11.1 Å². The van der Waals surface area contributed by atoms with Crippen LogP contribution in [0.2, 0.25) is 0 Å². The standard InChI is InChI=1S/C19H21N3O/c1-15-8-10-16(11-9-15)5-4-7-19(23)20-13-17-14-22-12-3-2-6-18(22)21-17/h2-3,6,8-12,14H,4-5,7,13H2,1H3,(H,20,23). The number of amides is 1. The molecule has 1 N–H and O–H groups in total. The van der Waals surface area contributed by atoms with E-state index < -0.39 is 0 Å². The van der Waals surface area contributed by atoms with Gasteiger partial charge < -0.3 is 9.72 Å². The van der Waals surface area contributed by atoms with Crippen LogP contribution in [0.15, 0.2) is 54.9 Å². The second-order valence-corrected chi connectivity index (χ2v) is 5.81. The van der Waals surface area contributed by atoms with Crippen molar-refractivity contribution in [2.24, 2.45) is 0 Å². The number of rotatable bonds is 6. The largest absolute Gasteiger partial charge is 0.350 e. The predicted molar refractivity (Wildman–Crippen MR) is 91.2 cm³/mol. The number of fused-ring (bicyclic) bond motifs is 1. The Bertz CT molecular complexity index is 757. The van der Waals surface area contributed by atoms with Gasteiger partial charge >= 0.3 is 0 Å². The van der Waals surface area contributed by atoms with Gasteiger partial charge in [-0.2, -0.15) is 0 Å². The average Bonchev–Trinajstić information content (AvgIpc) is 2.98. The van der Waals surface area contributed by atoms with Crippen molar-refractivity contribution in [2.75, 3.05) is 0 Å². The van der Waals surface area contributed by atoms with Crippen molar-refractivity contribution in [2.45, 2.75) is 32.7 Å². The number of carbonyl (C=O) groups is 1. The van der Waals surface area contributed by atoms with E-state index in [2.05, 4.69) is 41.5 Å². The number of carbonyl (C=O) groups excluding carboxylic acids is 1. The van der Waals surface area contributed by atoms with Gasteiger partial charge in [0, 0.05) is 18.8 Å². The van der Waals surface area contributed by atoms with Crippen LogP contribution in [0, 0.1) is 6.92 Å². The lowest BCUT2D eigenvalue weighted by atomic mass is 10.1. The molecular formula is C19H21N3O. The Kier molecular flexibility index (Phi) is 4.71. The molecule has 0 aliphatic heterocycles. The van der Waals surface area contributed by atoms with Gasteiger partial charge in [-0.25, -0.2) is 4.98 Å². The first-order valence-corrected chi connectivity index (χ1v) is 7.95. The number of hydrogen-bond donors (Lipinski definition) is 1. The first-order valence-electron chi connectivity index (χ1n) is 7.95. The third-order valence-electron chi connectivity index (χ3n) is 3.87. The van der Waals surface area contributed by atoms with Crippen LogP contribution < -0.4 is 5.32 Å². The molecule has 0 aliphatic carbocycles. The van der Waals surface area contributed by atoms with Gasteiger partial charge in [-0.1, -0.05) is 35.9 Å². The number of benzene rings is 1. The number of aryl methyl sites for hydroxylation is 2. The van der Waals surface area contributed by atoms with E-state index in [0.29, 0.717) is 13.0 Å². The van der Waals surface area contributed by atoms with Crippen LogP contribution in [-0.2, 0) is 17.8 Å². The summed E-state index contributed by atoms with van der Waals surface area (Å²) in [4.78, 5) is 16.4. The molecule has 3 aromatic rings. The Balaban J connectivity index is 1.43. The van der Waals surface area contributed by atoms with Crippen LogP contribution in [0.4, 0.5) is 0 Å². The van der Waals surface area contributed by atoms with Crippen molar-refractivity contribution in [3.63, 3.8) is 0 Å². The van der Waals surface area contributed by atoms with E-state index in [1.54, 1.807) is 0 Å². The summed E-state index contributed by atoms with van der Waals surface area (Å²) in [7, 11) is 0. The first-order chi connectivity index (χ1) is 11.2. The Hall–Kier alpha value is -2.62. The van der Waals surface area contributed by atoms with Gasteiger partial charge in [-0.05, 0) is 37.5 Å². The molecule has 1 amide bonds. The molecule has 1 aromatic carbocycles. The zero-order chi connectivity index (χ0) is 16.1. The second kappa shape index (κ2) is 7.09. The molecular weight excluding hydrogens is 286 g/mol. The van der Waals surface area contributed by atoms with Crippen molar-refractivity contribution < 1.29 is 4.79 Å². The third kappa shape index (κ3) is 4.19. The van der Waals surface area contributed by atoms with Crippen molar-refractivity contribution in [3.05, 3.63) is 71.7 Å². The summed E-state index contributed by atoms with van der Waals surface area (Å²) in [5.41, 5.74) is 4.32. The van der Waals surface area contributed by atoms with Crippen LogP contribution in [0.3, 0.4) is 0 Å². The van der Waals surface area contributed by atoms with Gasteiger partial charge in [-0.15, -0.1) is 0 Å². The normalized spacial score (nSPS) is 10.8. The van der Waals surface area contributed by atoms with Crippen LogP contribution in [0.25, 0.3) is 5.65 Å². The molecule has 4 nitrogen and oxygen atoms in total. The summed E-state index contributed by atoms with van der Waals surface area (Å²) < 4.78 is 1.96. The fraction of sp³-hybridized carbons (Fsp3) is 0.263. The zero-order valence-electron chi connectivity index (χ0n) is 13.3. The van der Waals surface area contributed by atoms with Crippen molar-refractivity contribution in [1.29, 1.82) is 0 Å². The highest BCUT2D eigenvalue weighted by Gasteiger charge is 2.05. The lowest BCUT2D eigenvalue weighted by Gasteiger charge is -2.04. The molecule has 4 heteroatoms. The summed E-state index contributed by atoms with van der Waals surface area (Å²) in [6.45, 7) is 2.56. The van der Waals surface area contributed by atoms with E-state index in [0.717, 1.165) is 24.2 Å². The minimum absolute atomic E-state index is 0.0779. The maximum absolute atomic E-state index is 11.9. The van der Waals surface area contributed by atoms with Crippen molar-refractivity contribution in [3.8, 4) is 0 Å². The highest BCUT2D eigenvalue weighted by Crippen LogP contribution is 2.08. The highest BCUT2D eigenvalue weighted by atomic mass is 16.1. The van der Waals surface area contributed by atoms with Gasteiger partial charge in [0.15, 0.2) is 0 Å². The van der Waals surface area contributed by atoms with Gasteiger partial charge in [0.25, 0.3) is 0 Å². The van der Waals surface area contributed by atoms with Crippen molar-refractivity contribution >= 4 is 11.6 Å². The average molecular weight is 307 g/mol. The number of hydrogen-bond acceptors (Lipinski definition) is 2. The van der Waals surface area contributed by atoms with Crippen LogP contribution in [0.1, 0.15) is 29.7 Å². The van der Waals surface area contributed by atoms with E-state index in [-0.39, 0.29) is 5.91 Å². The summed E-state index contributed by atoms with van der Waals surface area (Å²) in [5.74, 6) is 0.0779. The molecule has 0 bridgehead atoms. The number of pyridine rings is 1. The van der Waals surface area contributed by atoms with Gasteiger partial charge in [0.2, 0.25) is 5.91 Å². The minimum atomic E-state index is 0.0779. The Labute approximate surface area is 136 Å². The lowest BCUT2D eigenvalue weighted by Crippen LogP contribution is -2.22. The van der Waals surface area contributed by atoms with Crippen LogP contribution in [0.5, 0.6) is 0 Å². The number of nitrogens with one attached hydrogen (secondary N) is 1. The summed E-state index contributed by atoms with van der Waals surface area (Å²) in [6.07, 6.45) is 6.24. The van der Waals surface area contributed by atoms with Gasteiger partial charge in [-0.3, -0.25) is 4.79 Å². The van der Waals surface area contributed by atoms with Crippen molar-refractivity contribution in [1.82, 2.24) is 14.7 Å². The highest BCUT2D eigenvalue weighted by molar-refractivity contribution is 5.75. The molecule has 0 spiro atoms. The molecule has 0 saturated heterocycles. The molecule has 2 aromatic heterocycles. The van der Waals surface area contributed by atoms with Crippen LogP contribution >= 0.6 is 0 Å². The summed E-state index contributed by atoms with van der Waals surface area (Å²) in [5, 5.41) is 2.94. The van der Waals surface area contributed by atoms with Crippen LogP contribution in [-0.4, -0.2) is 15.3 Å². The fourth-order valence-electron chi connectivity index (χ4n) is 2.56. The molecule has 118 valence electrons. The summed E-state index contributed by atoms with van der Waals surface area (Å²) in [6, 6.07) is 14.3. The molecule has 23 heavy (non-hydrogen) atoms. The van der Waals surface area contributed by atoms with E-state index >= 15 is 0 Å². The van der Waals surface area contributed by atoms with E-state index in [9.17, 15) is 4.79 Å². The number of aromatic nitrogens is 2. The lowest BCUT2D eigenvalue weighted by molar-refractivity contribution is -0.121. The Morgan fingerprint density at radius 1 is 1.17 bits per heavy atom. The SMILES string of the molecule is Cc1ccc(CCCC(=O)NCc2cn3ccccc3n2)cc1. The van der Waals surface area contributed by atoms with Gasteiger partial charge in [0.1, 0.15) is 5.65 Å². The maximum Gasteiger partial charge on any atom is 0.220 e. The quantitative estimate of drug-likeness (QED) is 0.759. The predicted octanol–water partition coefficient (Wildman–Crippen LogP) is 3.28. The molecule has 0 fully saturated rings. The fourth-order valence-corrected chi connectivity index (χ4v) is 2.56. The van der Waals surface area contributed by atoms with E-state index in [1.807, 2.05) is 35.0 Å². The third-order valence-corrected chi connectivity index (χ3v) is 3.87. The first kappa shape index (κ1) is 15.3.